The van der Waals surface area contributed by atoms with Gasteiger partial charge in [-0.25, -0.2) is 9.97 Å². The number of halogens is 1. The van der Waals surface area contributed by atoms with Gasteiger partial charge in [0.15, 0.2) is 5.16 Å². The van der Waals surface area contributed by atoms with Crippen LogP contribution in [-0.2, 0) is 6.42 Å². The van der Waals surface area contributed by atoms with E-state index in [2.05, 4.69) is 51.0 Å². The van der Waals surface area contributed by atoms with Crippen molar-refractivity contribution in [3.63, 3.8) is 0 Å². The molecule has 0 spiro atoms. The van der Waals surface area contributed by atoms with Crippen LogP contribution >= 0.6 is 23.4 Å². The minimum Gasteiger partial charge on any atom is -0.354 e. The van der Waals surface area contributed by atoms with Crippen molar-refractivity contribution in [2.75, 3.05) is 18.0 Å². The van der Waals surface area contributed by atoms with Gasteiger partial charge in [0.1, 0.15) is 11.5 Å². The van der Waals surface area contributed by atoms with E-state index in [1.165, 1.54) is 17.3 Å². The van der Waals surface area contributed by atoms with Gasteiger partial charge in [-0.05, 0) is 41.9 Å². The van der Waals surface area contributed by atoms with Crippen molar-refractivity contribution < 1.29 is 0 Å². The predicted octanol–water partition coefficient (Wildman–Crippen LogP) is 5.20. The number of aromatic amines is 1. The lowest BCUT2D eigenvalue weighted by Gasteiger charge is -2.19. The summed E-state index contributed by atoms with van der Waals surface area (Å²) < 4.78 is 0. The summed E-state index contributed by atoms with van der Waals surface area (Å²) in [5, 5.41) is 2.16. The van der Waals surface area contributed by atoms with Crippen molar-refractivity contribution in [3.8, 4) is 0 Å². The quantitative estimate of drug-likeness (QED) is 0.319. The summed E-state index contributed by atoms with van der Waals surface area (Å²) in [6, 6.07) is 16.3. The molecular formula is C26H24ClN7S. The van der Waals surface area contributed by atoms with E-state index in [9.17, 15) is 0 Å². The van der Waals surface area contributed by atoms with Crippen LogP contribution in [0, 0.1) is 0 Å². The first-order valence-corrected chi connectivity index (χ1v) is 12.8. The molecule has 5 aromatic rings. The third kappa shape index (κ3) is 4.11. The van der Waals surface area contributed by atoms with E-state index in [0.29, 0.717) is 16.7 Å². The molecule has 35 heavy (non-hydrogen) atoms. The Bertz CT molecular complexity index is 1520. The third-order valence-electron chi connectivity index (χ3n) is 6.50. The Labute approximate surface area is 212 Å². The molecule has 7 nitrogen and oxygen atoms in total. The average Bonchev–Trinajstić information content (AvgIpc) is 3.43. The highest BCUT2D eigenvalue weighted by Crippen LogP contribution is 2.39. The first kappa shape index (κ1) is 22.3. The zero-order valence-electron chi connectivity index (χ0n) is 19.1. The van der Waals surface area contributed by atoms with Crippen LogP contribution in [0.15, 0.2) is 71.0 Å². The van der Waals surface area contributed by atoms with Crippen LogP contribution < -0.4 is 10.6 Å². The van der Waals surface area contributed by atoms with E-state index in [1.807, 2.05) is 30.5 Å². The first-order chi connectivity index (χ1) is 17.1. The molecule has 6 rings (SSSR count). The Balaban J connectivity index is 1.41. The number of aromatic nitrogens is 5. The number of nitrogens with two attached hydrogens (primary N) is 1. The molecule has 2 atom stereocenters. The SMILES string of the molecule is CCc1[nH]c2nc(Sc3cnc4cccnc4c3)nc(N3C[C@@H](N)[C@H](c4ccccc4)C3)c2c1Cl. The molecule has 1 fully saturated rings. The van der Waals surface area contributed by atoms with Gasteiger partial charge < -0.3 is 15.6 Å². The molecule has 5 heterocycles. The zero-order valence-corrected chi connectivity index (χ0v) is 20.7. The Morgan fingerprint density at radius 1 is 1.09 bits per heavy atom. The summed E-state index contributed by atoms with van der Waals surface area (Å²) in [5.41, 5.74) is 11.3. The number of nitrogens with one attached hydrogen (secondary N) is 1. The van der Waals surface area contributed by atoms with Crippen molar-refractivity contribution in [2.45, 2.75) is 35.4 Å². The molecule has 3 N–H and O–H groups in total. The lowest BCUT2D eigenvalue weighted by molar-refractivity contribution is 0.653. The molecule has 1 saturated heterocycles. The summed E-state index contributed by atoms with van der Waals surface area (Å²) in [6.45, 7) is 3.54. The number of fused-ring (bicyclic) bond motifs is 2. The molecule has 0 aliphatic carbocycles. The second-order valence-corrected chi connectivity index (χ2v) is 10.1. The third-order valence-corrected chi connectivity index (χ3v) is 7.75. The second-order valence-electron chi connectivity index (χ2n) is 8.73. The van der Waals surface area contributed by atoms with Gasteiger partial charge >= 0.3 is 0 Å². The highest BCUT2D eigenvalue weighted by molar-refractivity contribution is 7.99. The van der Waals surface area contributed by atoms with Crippen molar-refractivity contribution in [3.05, 3.63) is 77.2 Å². The fourth-order valence-electron chi connectivity index (χ4n) is 4.74. The molecular weight excluding hydrogens is 478 g/mol. The molecule has 0 radical (unpaired) electrons. The molecule has 9 heteroatoms. The van der Waals surface area contributed by atoms with Crippen molar-refractivity contribution in [1.82, 2.24) is 24.9 Å². The smallest absolute Gasteiger partial charge is 0.196 e. The van der Waals surface area contributed by atoms with E-state index >= 15 is 0 Å². The molecule has 4 aromatic heterocycles. The Hall–Kier alpha value is -3.20. The normalized spacial score (nSPS) is 18.1. The number of benzene rings is 1. The first-order valence-electron chi connectivity index (χ1n) is 11.6. The molecule has 1 aliphatic heterocycles. The molecule has 1 aromatic carbocycles. The number of hydrogen-bond donors (Lipinski definition) is 2. The van der Waals surface area contributed by atoms with Gasteiger partial charge in [0.25, 0.3) is 0 Å². The minimum absolute atomic E-state index is 0.00218. The van der Waals surface area contributed by atoms with E-state index in [-0.39, 0.29) is 12.0 Å². The van der Waals surface area contributed by atoms with Gasteiger partial charge in [-0.3, -0.25) is 9.97 Å². The predicted molar refractivity (Wildman–Crippen MR) is 141 cm³/mol. The van der Waals surface area contributed by atoms with E-state index in [1.54, 1.807) is 6.20 Å². The minimum atomic E-state index is -0.00218. The van der Waals surface area contributed by atoms with Crippen LogP contribution in [0.3, 0.4) is 0 Å². The van der Waals surface area contributed by atoms with Gasteiger partial charge in [0.05, 0.1) is 21.4 Å². The topological polar surface area (TPSA) is 96.6 Å². The summed E-state index contributed by atoms with van der Waals surface area (Å²) in [6.07, 6.45) is 4.38. The lowest BCUT2D eigenvalue weighted by Crippen LogP contribution is -2.29. The summed E-state index contributed by atoms with van der Waals surface area (Å²) in [4.78, 5) is 25.3. The van der Waals surface area contributed by atoms with Crippen LogP contribution in [-0.4, -0.2) is 44.1 Å². The van der Waals surface area contributed by atoms with Crippen LogP contribution in [0.2, 0.25) is 5.02 Å². The van der Waals surface area contributed by atoms with Gasteiger partial charge in [-0.2, -0.15) is 0 Å². The summed E-state index contributed by atoms with van der Waals surface area (Å²) >= 11 is 8.28. The monoisotopic (exact) mass is 501 g/mol. The maximum absolute atomic E-state index is 6.81. The number of aryl methyl sites for hydroxylation is 1. The molecule has 176 valence electrons. The number of rotatable bonds is 5. The van der Waals surface area contributed by atoms with Crippen LogP contribution in [0.4, 0.5) is 5.82 Å². The van der Waals surface area contributed by atoms with Crippen molar-refractivity contribution >= 4 is 51.2 Å². The maximum atomic E-state index is 6.81. The largest absolute Gasteiger partial charge is 0.354 e. The maximum Gasteiger partial charge on any atom is 0.196 e. The number of hydrogen-bond acceptors (Lipinski definition) is 7. The summed E-state index contributed by atoms with van der Waals surface area (Å²) in [7, 11) is 0. The average molecular weight is 502 g/mol. The molecule has 0 bridgehead atoms. The number of nitrogens with zero attached hydrogens (tertiary/aromatic N) is 5. The molecule has 0 saturated carbocycles. The van der Waals surface area contributed by atoms with E-state index < -0.39 is 0 Å². The van der Waals surface area contributed by atoms with Gasteiger partial charge in [-0.15, -0.1) is 0 Å². The standard InChI is InChI=1S/C26H24ClN7S/c1-2-19-23(27)22-24(31-19)32-26(35-16-11-21-20(30-12-16)9-6-10-29-21)33-25(22)34-13-17(18(28)14-34)15-7-4-3-5-8-15/h3-12,17-18H,2,13-14,28H2,1H3,(H,31,32,33)/t17-,18+/m0/s1. The highest BCUT2D eigenvalue weighted by Gasteiger charge is 2.34. The van der Waals surface area contributed by atoms with Crippen LogP contribution in [0.5, 0.6) is 0 Å². The van der Waals surface area contributed by atoms with E-state index in [4.69, 9.17) is 27.3 Å². The summed E-state index contributed by atoms with van der Waals surface area (Å²) in [5.74, 6) is 1.04. The lowest BCUT2D eigenvalue weighted by atomic mass is 9.95. The Morgan fingerprint density at radius 3 is 2.77 bits per heavy atom. The molecule has 1 aliphatic rings. The number of H-pyrrole nitrogens is 1. The Kier molecular flexibility index (Phi) is 5.80. The Morgan fingerprint density at radius 2 is 1.94 bits per heavy atom. The van der Waals surface area contributed by atoms with Crippen LogP contribution in [0.1, 0.15) is 24.1 Å². The number of anilines is 1. The number of pyridine rings is 2. The van der Waals surface area contributed by atoms with Gasteiger partial charge in [0.2, 0.25) is 0 Å². The van der Waals surface area contributed by atoms with Crippen molar-refractivity contribution in [2.24, 2.45) is 5.73 Å². The van der Waals surface area contributed by atoms with Gasteiger partial charge in [0, 0.05) is 48.0 Å². The highest BCUT2D eigenvalue weighted by atomic mass is 35.5. The zero-order chi connectivity index (χ0) is 23.9. The molecule has 0 unspecified atom stereocenters. The molecule has 0 amide bonds. The van der Waals surface area contributed by atoms with Gasteiger partial charge in [-0.1, -0.05) is 48.9 Å². The second kappa shape index (κ2) is 9.11. The fourth-order valence-corrected chi connectivity index (χ4v) is 5.85. The van der Waals surface area contributed by atoms with E-state index in [0.717, 1.165) is 51.4 Å². The fraction of sp³-hybridized carbons (Fsp3) is 0.231. The van der Waals surface area contributed by atoms with Crippen LogP contribution in [0.25, 0.3) is 22.1 Å². The van der Waals surface area contributed by atoms with Crippen molar-refractivity contribution in [1.29, 1.82) is 0 Å².